The number of ether oxygens (including phenoxy) is 1. The van der Waals surface area contributed by atoms with Gasteiger partial charge in [0.05, 0.1) is 10.8 Å². The number of nitro benzene ring substituents is 1. The van der Waals surface area contributed by atoms with Crippen LogP contribution in [0.3, 0.4) is 0 Å². The molecule has 92 valence electrons. The largest absolute Gasteiger partial charge is 0.448 e. The fourth-order valence-corrected chi connectivity index (χ4v) is 1.10. The van der Waals surface area contributed by atoms with Crippen molar-refractivity contribution in [1.82, 2.24) is 0 Å². The fourth-order valence-electron chi connectivity index (χ4n) is 1.02. The van der Waals surface area contributed by atoms with Gasteiger partial charge < -0.3 is 4.74 Å². The lowest BCUT2D eigenvalue weighted by atomic mass is 10.3. The maximum atomic E-state index is 13.1. The van der Waals surface area contributed by atoms with Crippen LogP contribution in [0.5, 0.6) is 0 Å². The molecule has 0 aliphatic carbocycles. The minimum atomic E-state index is -1.04. The quantitative estimate of drug-likeness (QED) is 0.513. The zero-order valence-corrected chi connectivity index (χ0v) is 9.24. The summed E-state index contributed by atoms with van der Waals surface area (Å²) in [5.41, 5.74) is -0.600. The molecule has 1 aromatic rings. The number of benzene rings is 1. The van der Waals surface area contributed by atoms with Crippen LogP contribution in [0.25, 0.3) is 0 Å². The lowest BCUT2D eigenvalue weighted by Crippen LogP contribution is -2.15. The zero-order chi connectivity index (χ0) is 12.8. The van der Waals surface area contributed by atoms with Crippen LogP contribution in [-0.2, 0) is 4.74 Å². The molecular weight excluding hydrogens is 255 g/mol. The second-order valence-corrected chi connectivity index (χ2v) is 3.25. The highest BCUT2D eigenvalue weighted by molar-refractivity contribution is 6.18. The summed E-state index contributed by atoms with van der Waals surface area (Å²) in [5.74, 6) is -0.896. The predicted molar refractivity (Wildman–Crippen MR) is 58.7 cm³/mol. The zero-order valence-electron chi connectivity index (χ0n) is 8.48. The second-order valence-electron chi connectivity index (χ2n) is 2.87. The van der Waals surface area contributed by atoms with Crippen LogP contribution in [0.2, 0.25) is 0 Å². The highest BCUT2D eigenvalue weighted by Crippen LogP contribution is 2.20. The Hall–Kier alpha value is -1.89. The molecule has 0 aromatic heterocycles. The second kappa shape index (κ2) is 6.00. The van der Waals surface area contributed by atoms with Crippen molar-refractivity contribution in [2.75, 3.05) is 17.8 Å². The van der Waals surface area contributed by atoms with Gasteiger partial charge in [0.1, 0.15) is 6.61 Å². The summed E-state index contributed by atoms with van der Waals surface area (Å²) in [7, 11) is 0. The first-order valence-electron chi connectivity index (χ1n) is 4.48. The molecule has 1 N–H and O–H groups in total. The van der Waals surface area contributed by atoms with Gasteiger partial charge in [0, 0.05) is 17.8 Å². The van der Waals surface area contributed by atoms with E-state index >= 15 is 0 Å². The summed E-state index contributed by atoms with van der Waals surface area (Å²) < 4.78 is 17.7. The summed E-state index contributed by atoms with van der Waals surface area (Å²) in [6.07, 6.45) is -0.807. The minimum absolute atomic E-state index is 0.0167. The number of halogens is 2. The normalized spacial score (nSPS) is 9.76. The maximum Gasteiger partial charge on any atom is 0.411 e. The van der Waals surface area contributed by atoms with Gasteiger partial charge in [-0.1, -0.05) is 0 Å². The number of nitrogens with one attached hydrogen (secondary N) is 1. The first-order chi connectivity index (χ1) is 8.04. The number of nitro groups is 1. The first-order valence-corrected chi connectivity index (χ1v) is 5.01. The molecule has 0 saturated heterocycles. The van der Waals surface area contributed by atoms with Crippen molar-refractivity contribution in [2.45, 2.75) is 0 Å². The first kappa shape index (κ1) is 13.2. The number of alkyl halides is 1. The van der Waals surface area contributed by atoms with Gasteiger partial charge in [0.15, 0.2) is 0 Å². The van der Waals surface area contributed by atoms with Crippen molar-refractivity contribution < 1.29 is 18.8 Å². The van der Waals surface area contributed by atoms with E-state index in [-0.39, 0.29) is 18.2 Å². The number of hydrogen-bond donors (Lipinski definition) is 1. The number of anilines is 1. The molecule has 17 heavy (non-hydrogen) atoms. The predicted octanol–water partition coefficient (Wildman–Crippen LogP) is 2.52. The molecule has 0 saturated carbocycles. The Morgan fingerprint density at radius 1 is 1.59 bits per heavy atom. The molecular formula is C9H8ClFN2O4. The highest BCUT2D eigenvalue weighted by atomic mass is 35.5. The number of nitrogens with zero attached hydrogens (tertiary/aromatic N) is 1. The molecule has 0 atom stereocenters. The van der Waals surface area contributed by atoms with Crippen molar-refractivity contribution in [2.24, 2.45) is 0 Å². The molecule has 0 radical (unpaired) electrons. The number of amides is 1. The van der Waals surface area contributed by atoms with Crippen LogP contribution < -0.4 is 5.32 Å². The molecule has 0 fully saturated rings. The number of rotatable bonds is 4. The molecule has 8 heteroatoms. The molecule has 0 aliphatic heterocycles. The highest BCUT2D eigenvalue weighted by Gasteiger charge is 2.14. The third-order valence-corrected chi connectivity index (χ3v) is 1.86. The third-order valence-electron chi connectivity index (χ3n) is 1.70. The number of carbonyl (C=O) groups excluding carboxylic acids is 1. The fraction of sp³-hybridized carbons (Fsp3) is 0.222. The van der Waals surface area contributed by atoms with E-state index in [0.717, 1.165) is 12.1 Å². The van der Waals surface area contributed by atoms with Crippen molar-refractivity contribution in [3.63, 3.8) is 0 Å². The topological polar surface area (TPSA) is 81.5 Å². The van der Waals surface area contributed by atoms with Crippen molar-refractivity contribution in [1.29, 1.82) is 0 Å². The number of hydrogen-bond acceptors (Lipinski definition) is 4. The summed E-state index contributed by atoms with van der Waals surface area (Å²) in [6.45, 7) is 0.0167. The smallest absolute Gasteiger partial charge is 0.411 e. The van der Waals surface area contributed by atoms with E-state index in [4.69, 9.17) is 11.6 Å². The minimum Gasteiger partial charge on any atom is -0.448 e. The van der Waals surface area contributed by atoms with E-state index in [2.05, 4.69) is 10.1 Å². The molecule has 0 aliphatic rings. The molecule has 0 unspecified atom stereocenters. The molecule has 0 bridgehead atoms. The summed E-state index contributed by atoms with van der Waals surface area (Å²) in [5, 5.41) is 12.5. The van der Waals surface area contributed by atoms with Crippen LogP contribution in [-0.4, -0.2) is 23.5 Å². The van der Waals surface area contributed by atoms with E-state index in [1.165, 1.54) is 6.07 Å². The average Bonchev–Trinajstić information content (AvgIpc) is 2.26. The van der Waals surface area contributed by atoms with Crippen molar-refractivity contribution in [3.8, 4) is 0 Å². The van der Waals surface area contributed by atoms with Gasteiger partial charge in [0.2, 0.25) is 5.82 Å². The Morgan fingerprint density at radius 3 is 2.82 bits per heavy atom. The van der Waals surface area contributed by atoms with E-state index in [9.17, 15) is 19.3 Å². The van der Waals surface area contributed by atoms with E-state index in [1.807, 2.05) is 0 Å². The summed E-state index contributed by atoms with van der Waals surface area (Å²) >= 11 is 5.29. The molecule has 1 aromatic carbocycles. The molecule has 1 amide bonds. The maximum absolute atomic E-state index is 13.1. The third kappa shape index (κ3) is 3.87. The Bertz CT molecular complexity index is 441. The van der Waals surface area contributed by atoms with Crippen LogP contribution in [0.15, 0.2) is 18.2 Å². The van der Waals surface area contributed by atoms with Crippen LogP contribution >= 0.6 is 11.6 Å². The molecule has 1 rings (SSSR count). The van der Waals surface area contributed by atoms with E-state index in [0.29, 0.717) is 0 Å². The lowest BCUT2D eigenvalue weighted by molar-refractivity contribution is -0.387. The van der Waals surface area contributed by atoms with Gasteiger partial charge in [0.25, 0.3) is 0 Å². The van der Waals surface area contributed by atoms with Gasteiger partial charge in [-0.3, -0.25) is 15.4 Å². The van der Waals surface area contributed by atoms with Gasteiger partial charge in [-0.2, -0.15) is 4.39 Å². The standard InChI is InChI=1S/C9H8ClFN2O4/c10-3-4-17-9(14)12-6-1-2-8(13(15)16)7(11)5-6/h1-2,5H,3-4H2,(H,12,14). The Morgan fingerprint density at radius 2 is 2.29 bits per heavy atom. The summed E-state index contributed by atoms with van der Waals surface area (Å²) in [4.78, 5) is 20.5. The molecule has 0 spiro atoms. The van der Waals surface area contributed by atoms with Gasteiger partial charge >= 0.3 is 11.8 Å². The van der Waals surface area contributed by atoms with Gasteiger partial charge in [-0.05, 0) is 6.07 Å². The van der Waals surface area contributed by atoms with Crippen LogP contribution in [0.4, 0.5) is 20.6 Å². The van der Waals surface area contributed by atoms with Gasteiger partial charge in [-0.25, -0.2) is 4.79 Å². The van der Waals surface area contributed by atoms with Crippen LogP contribution in [0.1, 0.15) is 0 Å². The average molecular weight is 263 g/mol. The van der Waals surface area contributed by atoms with Crippen LogP contribution in [0, 0.1) is 15.9 Å². The van der Waals surface area contributed by atoms with E-state index < -0.39 is 22.5 Å². The number of carbonyl (C=O) groups is 1. The Kier molecular flexibility index (Phi) is 4.65. The monoisotopic (exact) mass is 262 g/mol. The van der Waals surface area contributed by atoms with Gasteiger partial charge in [-0.15, -0.1) is 11.6 Å². The molecule has 6 nitrogen and oxygen atoms in total. The summed E-state index contributed by atoms with van der Waals surface area (Å²) in [6, 6.07) is 2.98. The van der Waals surface area contributed by atoms with E-state index in [1.54, 1.807) is 0 Å². The molecule has 0 heterocycles. The Balaban J connectivity index is 2.70. The van der Waals surface area contributed by atoms with Crippen molar-refractivity contribution in [3.05, 3.63) is 34.1 Å². The SMILES string of the molecule is O=C(Nc1ccc([N+](=O)[O-])c(F)c1)OCCCl. The lowest BCUT2D eigenvalue weighted by Gasteiger charge is -2.05. The Labute approximate surface area is 100 Å². The van der Waals surface area contributed by atoms with Crippen molar-refractivity contribution >= 4 is 29.1 Å².